The molecule has 42 heavy (non-hydrogen) atoms. The first-order valence-corrected chi connectivity index (χ1v) is 14.3. The van der Waals surface area contributed by atoms with Crippen LogP contribution in [0.1, 0.15) is 56.7 Å². The van der Waals surface area contributed by atoms with Crippen molar-refractivity contribution in [1.29, 1.82) is 0 Å². The zero-order valence-electron chi connectivity index (χ0n) is 22.8. The van der Waals surface area contributed by atoms with Gasteiger partial charge in [-0.1, -0.05) is 41.0 Å². The van der Waals surface area contributed by atoms with E-state index in [1.807, 2.05) is 31.2 Å². The van der Waals surface area contributed by atoms with Gasteiger partial charge in [0.2, 0.25) is 17.6 Å². The van der Waals surface area contributed by atoms with Gasteiger partial charge in [0.05, 0.1) is 6.04 Å². The number of aromatic nitrogens is 6. The van der Waals surface area contributed by atoms with Crippen molar-refractivity contribution < 1.29 is 8.91 Å². The van der Waals surface area contributed by atoms with Crippen molar-refractivity contribution >= 4 is 28.7 Å². The lowest BCUT2D eigenvalue weighted by molar-refractivity contribution is 0.274. The van der Waals surface area contributed by atoms with Crippen LogP contribution in [-0.4, -0.2) is 29.7 Å². The Bertz CT molecular complexity index is 1910. The Balaban J connectivity index is 1.42. The molecule has 0 amide bonds. The standard InChI is InChI=1S/C31H27ClFN7O2/c1-3-18-10-12-31(13-11-18)16-23(31)40-25-24(20-7-4-8-21(32)14-20)35-27(28-38-30(41)42-39-28)36-26(25)37-29(40)34-17(2)19-6-5-9-22(33)15-19/h1,4-9,14-15,17-18,23H,10-13,16H2,2H3,(H,38,39,41)(H,34,35,36,37)/t17-,18?,23+,31?/m0/s1. The summed E-state index contributed by atoms with van der Waals surface area (Å²) in [5.41, 5.74) is 3.41. The number of terminal acetylenes is 1. The van der Waals surface area contributed by atoms with Gasteiger partial charge in [-0.2, -0.15) is 4.98 Å². The average molecular weight is 584 g/mol. The third-order valence-electron chi connectivity index (χ3n) is 8.67. The molecule has 2 aliphatic rings. The number of aromatic amines is 1. The number of nitrogens with zero attached hydrogens (tertiary/aromatic N) is 5. The Morgan fingerprint density at radius 1 is 1.19 bits per heavy atom. The topological polar surface area (TPSA) is 115 Å². The molecule has 0 saturated heterocycles. The van der Waals surface area contributed by atoms with Crippen molar-refractivity contribution in [2.24, 2.45) is 11.3 Å². The summed E-state index contributed by atoms with van der Waals surface area (Å²) in [5.74, 6) is 3.09. The van der Waals surface area contributed by atoms with E-state index in [-0.39, 0.29) is 35.0 Å². The van der Waals surface area contributed by atoms with Gasteiger partial charge >= 0.3 is 5.76 Å². The molecule has 2 fully saturated rings. The predicted octanol–water partition coefficient (Wildman–Crippen LogP) is 6.56. The number of hydrogen-bond donors (Lipinski definition) is 2. The molecule has 7 rings (SSSR count). The van der Waals surface area contributed by atoms with Gasteiger partial charge in [0, 0.05) is 22.5 Å². The highest BCUT2D eigenvalue weighted by atomic mass is 35.5. The fourth-order valence-corrected chi connectivity index (χ4v) is 6.51. The monoisotopic (exact) mass is 583 g/mol. The van der Waals surface area contributed by atoms with Gasteiger partial charge in [-0.25, -0.2) is 19.2 Å². The molecule has 0 radical (unpaired) electrons. The van der Waals surface area contributed by atoms with E-state index in [2.05, 4.69) is 25.9 Å². The van der Waals surface area contributed by atoms with E-state index in [4.69, 9.17) is 37.5 Å². The molecular formula is C31H27ClFN7O2. The molecule has 3 aromatic heterocycles. The summed E-state index contributed by atoms with van der Waals surface area (Å²) in [5, 5.41) is 7.88. The summed E-state index contributed by atoms with van der Waals surface area (Å²) in [6.07, 6.45) is 10.8. The molecular weight excluding hydrogens is 557 g/mol. The van der Waals surface area contributed by atoms with Crippen LogP contribution in [0.15, 0.2) is 57.8 Å². The van der Waals surface area contributed by atoms with Crippen LogP contribution in [0.3, 0.4) is 0 Å². The number of rotatable bonds is 6. The lowest BCUT2D eigenvalue weighted by Crippen LogP contribution is -2.19. The number of nitrogens with one attached hydrogen (secondary N) is 2. The van der Waals surface area contributed by atoms with E-state index in [1.165, 1.54) is 12.1 Å². The largest absolute Gasteiger partial charge is 0.439 e. The van der Waals surface area contributed by atoms with Crippen molar-refractivity contribution in [3.8, 4) is 35.2 Å². The van der Waals surface area contributed by atoms with Crippen LogP contribution in [0.5, 0.6) is 0 Å². The average Bonchev–Trinajstić information content (AvgIpc) is 3.29. The first kappa shape index (κ1) is 26.4. The number of imidazole rings is 1. The molecule has 0 aliphatic heterocycles. The Labute approximate surface area is 245 Å². The van der Waals surface area contributed by atoms with Crippen LogP contribution in [-0.2, 0) is 0 Å². The maximum Gasteiger partial charge on any atom is 0.439 e. The summed E-state index contributed by atoms with van der Waals surface area (Å²) in [6.45, 7) is 1.97. The molecule has 2 aliphatic carbocycles. The van der Waals surface area contributed by atoms with Crippen molar-refractivity contribution in [3.63, 3.8) is 0 Å². The number of hydrogen-bond acceptors (Lipinski definition) is 7. The van der Waals surface area contributed by atoms with Gasteiger partial charge < -0.3 is 9.88 Å². The minimum atomic E-state index is -0.711. The quantitative estimate of drug-likeness (QED) is 0.218. The number of benzene rings is 2. The first-order chi connectivity index (χ1) is 20.3. The van der Waals surface area contributed by atoms with Crippen molar-refractivity contribution in [1.82, 2.24) is 29.7 Å². The number of fused-ring (bicyclic) bond motifs is 1. The molecule has 2 aromatic carbocycles. The first-order valence-electron chi connectivity index (χ1n) is 13.9. The maximum atomic E-state index is 14.1. The second-order valence-corrected chi connectivity index (χ2v) is 11.7. The number of halogens is 2. The highest BCUT2D eigenvalue weighted by molar-refractivity contribution is 6.30. The van der Waals surface area contributed by atoms with E-state index in [1.54, 1.807) is 12.1 Å². The summed E-state index contributed by atoms with van der Waals surface area (Å²) < 4.78 is 21.0. The minimum Gasteiger partial charge on any atom is -0.349 e. The van der Waals surface area contributed by atoms with Crippen LogP contribution in [0, 0.1) is 29.5 Å². The molecule has 212 valence electrons. The molecule has 2 saturated carbocycles. The van der Waals surface area contributed by atoms with Crippen molar-refractivity contribution in [3.05, 3.63) is 75.5 Å². The Hall–Kier alpha value is -4.49. The van der Waals surface area contributed by atoms with Crippen LogP contribution in [0.4, 0.5) is 10.3 Å². The zero-order valence-corrected chi connectivity index (χ0v) is 23.5. The van der Waals surface area contributed by atoms with Gasteiger partial charge in [-0.3, -0.25) is 9.51 Å². The SMILES string of the molecule is C#CC1CCC2(CC1)C[C@H]2n1c(N[C@@H](C)c2cccc(F)c2)nc2nc(-c3noc(=O)[nH]3)nc(-c3cccc(Cl)c3)c21. The zero-order chi connectivity index (χ0) is 29.0. The second-order valence-electron chi connectivity index (χ2n) is 11.3. The third-order valence-corrected chi connectivity index (χ3v) is 8.90. The van der Waals surface area contributed by atoms with E-state index >= 15 is 0 Å². The van der Waals surface area contributed by atoms with Gasteiger partial charge in [0.15, 0.2) is 5.65 Å². The third kappa shape index (κ3) is 4.64. The van der Waals surface area contributed by atoms with Crippen LogP contribution in [0.25, 0.3) is 34.1 Å². The predicted molar refractivity (Wildman–Crippen MR) is 157 cm³/mol. The minimum absolute atomic E-state index is 0.0952. The molecule has 0 unspecified atom stereocenters. The van der Waals surface area contributed by atoms with Crippen LogP contribution < -0.4 is 11.1 Å². The lowest BCUT2D eigenvalue weighted by Gasteiger charge is -2.27. The smallest absolute Gasteiger partial charge is 0.349 e. The van der Waals surface area contributed by atoms with Gasteiger partial charge in [0.1, 0.15) is 17.0 Å². The fourth-order valence-electron chi connectivity index (χ4n) is 6.32. The Kier molecular flexibility index (Phi) is 6.35. The molecule has 2 atom stereocenters. The summed E-state index contributed by atoms with van der Waals surface area (Å²) in [4.78, 5) is 28.8. The Morgan fingerprint density at radius 3 is 2.71 bits per heavy atom. The van der Waals surface area contributed by atoms with Crippen molar-refractivity contribution in [2.45, 2.75) is 51.1 Å². The molecule has 1 spiro atoms. The normalized spacial score (nSPS) is 22.2. The molecule has 3 heterocycles. The summed E-state index contributed by atoms with van der Waals surface area (Å²) in [6, 6.07) is 13.8. The van der Waals surface area contributed by atoms with E-state index < -0.39 is 5.76 Å². The molecule has 11 heteroatoms. The second kappa shape index (κ2) is 10.1. The maximum absolute atomic E-state index is 14.1. The van der Waals surface area contributed by atoms with E-state index in [0.717, 1.165) is 48.7 Å². The molecule has 0 bridgehead atoms. The summed E-state index contributed by atoms with van der Waals surface area (Å²) in [7, 11) is 0. The highest BCUT2D eigenvalue weighted by Crippen LogP contribution is 2.66. The van der Waals surface area contributed by atoms with Crippen molar-refractivity contribution in [2.75, 3.05) is 5.32 Å². The fraction of sp³-hybridized carbons (Fsp3) is 0.323. The summed E-state index contributed by atoms with van der Waals surface area (Å²) >= 11 is 6.42. The van der Waals surface area contributed by atoms with Gasteiger partial charge in [0.25, 0.3) is 0 Å². The Morgan fingerprint density at radius 2 is 2.00 bits per heavy atom. The van der Waals surface area contributed by atoms with E-state index in [0.29, 0.717) is 28.2 Å². The van der Waals surface area contributed by atoms with Gasteiger partial charge in [-0.05, 0) is 74.3 Å². The van der Waals surface area contributed by atoms with Crippen LogP contribution in [0.2, 0.25) is 5.02 Å². The molecule has 2 N–H and O–H groups in total. The molecule has 9 nitrogen and oxygen atoms in total. The van der Waals surface area contributed by atoms with E-state index in [9.17, 15) is 9.18 Å². The highest BCUT2D eigenvalue weighted by Gasteiger charge is 2.57. The number of anilines is 1. The van der Waals surface area contributed by atoms with Crippen LogP contribution >= 0.6 is 11.6 Å². The van der Waals surface area contributed by atoms with Gasteiger partial charge in [-0.15, -0.1) is 12.3 Å². The number of H-pyrrole nitrogens is 1. The molecule has 5 aromatic rings. The lowest BCUT2D eigenvalue weighted by atomic mass is 9.79.